The Labute approximate surface area is 138 Å². The molecule has 0 saturated carbocycles. The molecule has 8 heteroatoms. The molecule has 4 rings (SSSR count). The number of sulfonamides is 1. The number of hydrogen-bond donors (Lipinski definition) is 2. The van der Waals surface area contributed by atoms with E-state index < -0.39 is 10.0 Å². The second kappa shape index (κ2) is 5.57. The fourth-order valence-corrected chi connectivity index (χ4v) is 4.95. The van der Waals surface area contributed by atoms with Gasteiger partial charge in [0.1, 0.15) is 0 Å². The smallest absolute Gasteiger partial charge is 0.306 e. The molecule has 1 unspecified atom stereocenters. The van der Waals surface area contributed by atoms with Crippen LogP contribution in [-0.2, 0) is 10.0 Å². The van der Waals surface area contributed by atoms with E-state index in [2.05, 4.69) is 15.0 Å². The largest absolute Gasteiger partial charge is 0.323 e. The Balaban J connectivity index is 1.76. The van der Waals surface area contributed by atoms with Gasteiger partial charge in [0.2, 0.25) is 10.0 Å². The third-order valence-electron chi connectivity index (χ3n) is 4.37. The predicted molar refractivity (Wildman–Crippen MR) is 89.0 cm³/mol. The van der Waals surface area contributed by atoms with E-state index in [-0.39, 0.29) is 16.6 Å². The van der Waals surface area contributed by atoms with Gasteiger partial charge in [-0.3, -0.25) is 4.98 Å². The average Bonchev–Trinajstić information content (AvgIpc) is 3.20. The van der Waals surface area contributed by atoms with Gasteiger partial charge >= 0.3 is 5.69 Å². The molecule has 0 spiro atoms. The molecule has 0 aliphatic carbocycles. The molecule has 0 radical (unpaired) electrons. The van der Waals surface area contributed by atoms with E-state index in [1.165, 1.54) is 16.4 Å². The number of nitrogens with zero attached hydrogens (tertiary/aromatic N) is 2. The highest BCUT2D eigenvalue weighted by atomic mass is 32.2. The van der Waals surface area contributed by atoms with E-state index in [1.807, 2.05) is 12.1 Å². The number of fused-ring (bicyclic) bond motifs is 1. The SMILES string of the molecule is O=c1[nH]c2ccc(S(=O)(=O)N3CCCC3c3cccnc3)cc2[nH]1. The van der Waals surface area contributed by atoms with E-state index in [4.69, 9.17) is 0 Å². The molecule has 24 heavy (non-hydrogen) atoms. The monoisotopic (exact) mass is 344 g/mol. The third kappa shape index (κ3) is 2.44. The zero-order valence-corrected chi connectivity index (χ0v) is 13.6. The van der Waals surface area contributed by atoms with E-state index >= 15 is 0 Å². The number of H-pyrrole nitrogens is 2. The summed E-state index contributed by atoms with van der Waals surface area (Å²) in [4.78, 5) is 20.9. The Morgan fingerprint density at radius 1 is 1.17 bits per heavy atom. The van der Waals surface area contributed by atoms with Gasteiger partial charge in [0, 0.05) is 18.9 Å². The minimum atomic E-state index is -3.65. The summed E-state index contributed by atoms with van der Waals surface area (Å²) in [5, 5.41) is 0. The number of nitrogens with one attached hydrogen (secondary N) is 2. The summed E-state index contributed by atoms with van der Waals surface area (Å²) >= 11 is 0. The molecule has 0 amide bonds. The van der Waals surface area contributed by atoms with Gasteiger partial charge in [0.25, 0.3) is 0 Å². The molecular formula is C16H16N4O3S. The second-order valence-electron chi connectivity index (χ2n) is 5.85. The molecule has 3 aromatic rings. The molecular weight excluding hydrogens is 328 g/mol. The van der Waals surface area contributed by atoms with Crippen molar-refractivity contribution >= 4 is 21.1 Å². The van der Waals surface area contributed by atoms with Crippen LogP contribution in [0, 0.1) is 0 Å². The minimum absolute atomic E-state index is 0.182. The van der Waals surface area contributed by atoms with Crippen LogP contribution in [0.25, 0.3) is 11.0 Å². The highest BCUT2D eigenvalue weighted by Crippen LogP contribution is 2.36. The van der Waals surface area contributed by atoms with Crippen LogP contribution in [-0.4, -0.2) is 34.2 Å². The zero-order valence-electron chi connectivity index (χ0n) is 12.8. The number of benzene rings is 1. The number of imidazole rings is 1. The van der Waals surface area contributed by atoms with Crippen LogP contribution >= 0.6 is 0 Å². The van der Waals surface area contributed by atoms with Gasteiger partial charge in [-0.1, -0.05) is 6.07 Å². The molecule has 1 saturated heterocycles. The summed E-state index contributed by atoms with van der Waals surface area (Å²) < 4.78 is 27.7. The number of hydrogen-bond acceptors (Lipinski definition) is 4. The van der Waals surface area contributed by atoms with Crippen molar-refractivity contribution in [2.75, 3.05) is 6.54 Å². The van der Waals surface area contributed by atoms with Crippen LogP contribution in [0.2, 0.25) is 0 Å². The maximum absolute atomic E-state index is 13.1. The zero-order chi connectivity index (χ0) is 16.7. The third-order valence-corrected chi connectivity index (χ3v) is 6.27. The lowest BCUT2D eigenvalue weighted by atomic mass is 10.1. The normalized spacial score (nSPS) is 19.1. The maximum Gasteiger partial charge on any atom is 0.323 e. The van der Waals surface area contributed by atoms with Gasteiger partial charge in [-0.05, 0) is 42.7 Å². The van der Waals surface area contributed by atoms with Crippen LogP contribution in [0.4, 0.5) is 0 Å². The van der Waals surface area contributed by atoms with E-state index in [0.29, 0.717) is 17.6 Å². The lowest BCUT2D eigenvalue weighted by Crippen LogP contribution is -2.30. The predicted octanol–water partition coefficient (Wildman–Crippen LogP) is 1.78. The standard InChI is InChI=1S/C16H16N4O3S/c21-16-18-13-6-5-12(9-14(13)19-16)24(22,23)20-8-2-4-15(20)11-3-1-7-17-10-11/h1,3,5-7,9-10,15H,2,4,8H2,(H2,18,19,21). The first-order valence-electron chi connectivity index (χ1n) is 7.69. The lowest BCUT2D eigenvalue weighted by molar-refractivity contribution is 0.396. The van der Waals surface area contributed by atoms with Gasteiger partial charge in [0.15, 0.2) is 0 Å². The molecule has 1 aliphatic rings. The van der Waals surface area contributed by atoms with Crippen molar-refractivity contribution in [1.29, 1.82) is 0 Å². The number of rotatable bonds is 3. The fraction of sp³-hybridized carbons (Fsp3) is 0.250. The summed E-state index contributed by atoms with van der Waals surface area (Å²) in [7, 11) is -3.65. The lowest BCUT2D eigenvalue weighted by Gasteiger charge is -2.24. The Bertz CT molecular complexity index is 1040. The van der Waals surface area contributed by atoms with Gasteiger partial charge in [0.05, 0.1) is 22.0 Å². The Hall–Kier alpha value is -2.45. The van der Waals surface area contributed by atoms with Crippen molar-refractivity contribution in [1.82, 2.24) is 19.3 Å². The Kier molecular flexibility index (Phi) is 3.50. The van der Waals surface area contributed by atoms with Crippen LogP contribution in [0.1, 0.15) is 24.4 Å². The highest BCUT2D eigenvalue weighted by Gasteiger charge is 2.36. The molecule has 1 aliphatic heterocycles. The van der Waals surface area contributed by atoms with Crippen molar-refractivity contribution < 1.29 is 8.42 Å². The Morgan fingerprint density at radius 3 is 2.79 bits per heavy atom. The average molecular weight is 344 g/mol. The quantitative estimate of drug-likeness (QED) is 0.756. The maximum atomic E-state index is 13.1. The summed E-state index contributed by atoms with van der Waals surface area (Å²) in [6.07, 6.45) is 4.97. The summed E-state index contributed by atoms with van der Waals surface area (Å²) in [5.41, 5.74) is 1.62. The fourth-order valence-electron chi connectivity index (χ4n) is 3.24. The molecule has 2 N–H and O–H groups in total. The number of aromatic nitrogens is 3. The number of aromatic amines is 2. The van der Waals surface area contributed by atoms with Gasteiger partial charge in [-0.25, -0.2) is 13.2 Å². The molecule has 1 atom stereocenters. The van der Waals surface area contributed by atoms with Gasteiger partial charge in [-0.15, -0.1) is 0 Å². The summed E-state index contributed by atoms with van der Waals surface area (Å²) in [6, 6.07) is 8.15. The van der Waals surface area contributed by atoms with Gasteiger partial charge < -0.3 is 9.97 Å². The molecule has 0 bridgehead atoms. The summed E-state index contributed by atoms with van der Waals surface area (Å²) in [6.45, 7) is 0.476. The van der Waals surface area contributed by atoms with Crippen molar-refractivity contribution in [3.63, 3.8) is 0 Å². The highest BCUT2D eigenvalue weighted by molar-refractivity contribution is 7.89. The van der Waals surface area contributed by atoms with Crippen LogP contribution in [0.3, 0.4) is 0 Å². The van der Waals surface area contributed by atoms with Crippen molar-refractivity contribution in [2.24, 2.45) is 0 Å². The van der Waals surface area contributed by atoms with Crippen LogP contribution < -0.4 is 5.69 Å². The van der Waals surface area contributed by atoms with Crippen LogP contribution in [0.15, 0.2) is 52.4 Å². The van der Waals surface area contributed by atoms with Crippen molar-refractivity contribution in [3.8, 4) is 0 Å². The molecule has 124 valence electrons. The van der Waals surface area contributed by atoms with Gasteiger partial charge in [-0.2, -0.15) is 4.31 Å². The molecule has 1 aromatic carbocycles. The molecule has 3 heterocycles. The first kappa shape index (κ1) is 15.1. The summed E-state index contributed by atoms with van der Waals surface area (Å²) in [5.74, 6) is 0. The van der Waals surface area contributed by atoms with E-state index in [0.717, 1.165) is 18.4 Å². The van der Waals surface area contributed by atoms with Crippen molar-refractivity contribution in [3.05, 3.63) is 58.8 Å². The van der Waals surface area contributed by atoms with E-state index in [1.54, 1.807) is 18.5 Å². The Morgan fingerprint density at radius 2 is 2.00 bits per heavy atom. The first-order chi connectivity index (χ1) is 11.6. The van der Waals surface area contributed by atoms with E-state index in [9.17, 15) is 13.2 Å². The van der Waals surface area contributed by atoms with Crippen molar-refractivity contribution in [2.45, 2.75) is 23.8 Å². The van der Waals surface area contributed by atoms with Crippen LogP contribution in [0.5, 0.6) is 0 Å². The molecule has 1 fully saturated rings. The second-order valence-corrected chi connectivity index (χ2v) is 7.74. The molecule has 7 nitrogen and oxygen atoms in total. The first-order valence-corrected chi connectivity index (χ1v) is 9.13. The molecule has 2 aromatic heterocycles. The topological polar surface area (TPSA) is 98.9 Å². The number of pyridine rings is 1. The minimum Gasteiger partial charge on any atom is -0.306 e.